The second-order valence-electron chi connectivity index (χ2n) is 4.68. The van der Waals surface area contributed by atoms with Crippen molar-refractivity contribution in [1.82, 2.24) is 0 Å². The highest BCUT2D eigenvalue weighted by Crippen LogP contribution is 2.21. The molecule has 0 aliphatic carbocycles. The molecule has 100 valence electrons. The molecule has 3 N–H and O–H groups in total. The Balaban J connectivity index is 2.76. The molecule has 0 aromatic heterocycles. The topological polar surface area (TPSA) is 55.1 Å². The van der Waals surface area contributed by atoms with E-state index in [9.17, 15) is 9.18 Å². The van der Waals surface area contributed by atoms with Crippen molar-refractivity contribution < 1.29 is 9.18 Å². The summed E-state index contributed by atoms with van der Waals surface area (Å²) in [7, 11) is 0. The summed E-state index contributed by atoms with van der Waals surface area (Å²) in [5, 5.41) is 2.58. The molecule has 1 rings (SSSR count). The van der Waals surface area contributed by atoms with Gasteiger partial charge in [-0.1, -0.05) is 29.8 Å². The van der Waals surface area contributed by atoms with E-state index in [2.05, 4.69) is 21.2 Å². The van der Waals surface area contributed by atoms with Crippen molar-refractivity contribution in [2.45, 2.75) is 20.3 Å². The Labute approximate surface area is 115 Å². The zero-order valence-electron chi connectivity index (χ0n) is 10.5. The molecular formula is C13H18BrFN2O. The van der Waals surface area contributed by atoms with Crippen LogP contribution in [0.3, 0.4) is 0 Å². The van der Waals surface area contributed by atoms with Crippen LogP contribution in [0.5, 0.6) is 0 Å². The number of carbonyl (C=O) groups is 1. The number of carbonyl (C=O) groups excluding carboxylic acids is 1. The first-order valence-corrected chi connectivity index (χ1v) is 6.69. The first kappa shape index (κ1) is 15.1. The highest BCUT2D eigenvalue weighted by Gasteiger charge is 2.19. The summed E-state index contributed by atoms with van der Waals surface area (Å²) in [5.41, 5.74) is 5.76. The monoisotopic (exact) mass is 316 g/mol. The number of hydrogen-bond donors (Lipinski definition) is 2. The summed E-state index contributed by atoms with van der Waals surface area (Å²) in [6.45, 7) is 4.31. The molecule has 0 radical (unpaired) electrons. The molecule has 0 aliphatic heterocycles. The predicted octanol–water partition coefficient (Wildman–Crippen LogP) is 3.15. The Morgan fingerprint density at radius 1 is 1.50 bits per heavy atom. The van der Waals surface area contributed by atoms with Crippen molar-refractivity contribution >= 4 is 27.5 Å². The van der Waals surface area contributed by atoms with Crippen LogP contribution in [0.2, 0.25) is 0 Å². The van der Waals surface area contributed by atoms with Crippen LogP contribution < -0.4 is 11.1 Å². The van der Waals surface area contributed by atoms with Crippen molar-refractivity contribution in [3.05, 3.63) is 28.5 Å². The lowest BCUT2D eigenvalue weighted by Crippen LogP contribution is -2.30. The van der Waals surface area contributed by atoms with Gasteiger partial charge in [-0.25, -0.2) is 4.39 Å². The fourth-order valence-corrected chi connectivity index (χ4v) is 2.07. The van der Waals surface area contributed by atoms with Gasteiger partial charge in [0.1, 0.15) is 5.82 Å². The van der Waals surface area contributed by atoms with Gasteiger partial charge in [0.05, 0.1) is 11.6 Å². The average molecular weight is 317 g/mol. The van der Waals surface area contributed by atoms with Crippen LogP contribution in [0.15, 0.2) is 22.7 Å². The minimum Gasteiger partial charge on any atom is -0.330 e. The number of anilines is 1. The second kappa shape index (κ2) is 6.85. The number of nitrogens with two attached hydrogens (primary N) is 1. The predicted molar refractivity (Wildman–Crippen MR) is 74.7 cm³/mol. The van der Waals surface area contributed by atoms with E-state index in [0.29, 0.717) is 16.8 Å². The van der Waals surface area contributed by atoms with Crippen LogP contribution >= 0.6 is 15.9 Å². The molecule has 0 spiro atoms. The molecule has 3 nitrogen and oxygen atoms in total. The zero-order chi connectivity index (χ0) is 13.7. The molecule has 1 aromatic carbocycles. The lowest BCUT2D eigenvalue weighted by atomic mass is 9.96. The van der Waals surface area contributed by atoms with E-state index in [1.165, 1.54) is 12.1 Å². The van der Waals surface area contributed by atoms with E-state index in [4.69, 9.17) is 5.73 Å². The standard InChI is InChI=1S/C13H18BrFN2O/c1-8(2)5-9(7-16)13(18)17-12-6-10(14)3-4-11(12)15/h3-4,6,8-9H,5,7,16H2,1-2H3,(H,17,18). The Bertz CT molecular complexity index is 423. The number of benzene rings is 1. The maximum Gasteiger partial charge on any atom is 0.228 e. The molecule has 1 atom stereocenters. The maximum atomic E-state index is 13.5. The minimum atomic E-state index is -0.452. The molecule has 0 saturated carbocycles. The molecule has 0 saturated heterocycles. The molecule has 5 heteroatoms. The molecule has 0 aliphatic rings. The first-order chi connectivity index (χ1) is 8.43. The molecule has 0 bridgehead atoms. The van der Waals surface area contributed by atoms with Gasteiger partial charge >= 0.3 is 0 Å². The summed E-state index contributed by atoms with van der Waals surface area (Å²) in [5.74, 6) is -0.602. The van der Waals surface area contributed by atoms with Gasteiger partial charge in [0.2, 0.25) is 5.91 Å². The zero-order valence-corrected chi connectivity index (χ0v) is 12.1. The van der Waals surface area contributed by atoms with E-state index in [-0.39, 0.29) is 24.1 Å². The lowest BCUT2D eigenvalue weighted by Gasteiger charge is -2.17. The fraction of sp³-hybridized carbons (Fsp3) is 0.462. The Hall–Kier alpha value is -0.940. The van der Waals surface area contributed by atoms with Gasteiger partial charge < -0.3 is 11.1 Å². The van der Waals surface area contributed by atoms with E-state index < -0.39 is 5.82 Å². The smallest absolute Gasteiger partial charge is 0.228 e. The summed E-state index contributed by atoms with van der Waals surface area (Å²) >= 11 is 3.24. The third kappa shape index (κ3) is 4.38. The minimum absolute atomic E-state index is 0.177. The quantitative estimate of drug-likeness (QED) is 0.876. The molecule has 0 fully saturated rings. The van der Waals surface area contributed by atoms with Crippen molar-refractivity contribution in [2.24, 2.45) is 17.6 Å². The van der Waals surface area contributed by atoms with Crippen LogP contribution in [-0.2, 0) is 4.79 Å². The SMILES string of the molecule is CC(C)CC(CN)C(=O)Nc1cc(Br)ccc1F. The second-order valence-corrected chi connectivity index (χ2v) is 5.59. The van der Waals surface area contributed by atoms with Gasteiger partial charge in [0.25, 0.3) is 0 Å². The van der Waals surface area contributed by atoms with Gasteiger partial charge in [-0.2, -0.15) is 0 Å². The number of nitrogens with one attached hydrogen (secondary N) is 1. The van der Waals surface area contributed by atoms with Crippen LogP contribution in [0, 0.1) is 17.7 Å². The Morgan fingerprint density at radius 2 is 2.17 bits per heavy atom. The van der Waals surface area contributed by atoms with Crippen molar-refractivity contribution in [2.75, 3.05) is 11.9 Å². The largest absolute Gasteiger partial charge is 0.330 e. The van der Waals surface area contributed by atoms with Crippen LogP contribution in [0.4, 0.5) is 10.1 Å². The average Bonchev–Trinajstić information content (AvgIpc) is 2.30. The summed E-state index contributed by atoms with van der Waals surface area (Å²) < 4.78 is 14.2. The normalized spacial score (nSPS) is 12.6. The first-order valence-electron chi connectivity index (χ1n) is 5.90. The van der Waals surface area contributed by atoms with Crippen LogP contribution in [0.1, 0.15) is 20.3 Å². The lowest BCUT2D eigenvalue weighted by molar-refractivity contribution is -0.120. The van der Waals surface area contributed by atoms with Crippen molar-refractivity contribution in [3.8, 4) is 0 Å². The van der Waals surface area contributed by atoms with E-state index in [1.807, 2.05) is 13.8 Å². The van der Waals surface area contributed by atoms with E-state index in [1.54, 1.807) is 6.07 Å². The Morgan fingerprint density at radius 3 is 2.72 bits per heavy atom. The van der Waals surface area contributed by atoms with Crippen LogP contribution in [0.25, 0.3) is 0 Å². The Kier molecular flexibility index (Phi) is 5.75. The molecule has 18 heavy (non-hydrogen) atoms. The highest BCUT2D eigenvalue weighted by molar-refractivity contribution is 9.10. The molecule has 1 unspecified atom stereocenters. The third-order valence-electron chi connectivity index (χ3n) is 2.60. The van der Waals surface area contributed by atoms with Crippen molar-refractivity contribution in [1.29, 1.82) is 0 Å². The summed E-state index contributed by atoms with van der Waals surface area (Å²) in [4.78, 5) is 12.0. The molecule has 1 amide bonds. The van der Waals surface area contributed by atoms with Gasteiger partial charge in [-0.15, -0.1) is 0 Å². The highest BCUT2D eigenvalue weighted by atomic mass is 79.9. The number of halogens is 2. The van der Waals surface area contributed by atoms with E-state index >= 15 is 0 Å². The summed E-state index contributed by atoms with van der Waals surface area (Å²) in [6, 6.07) is 4.43. The molecular weight excluding hydrogens is 299 g/mol. The maximum absolute atomic E-state index is 13.5. The van der Waals surface area contributed by atoms with Crippen LogP contribution in [-0.4, -0.2) is 12.5 Å². The summed E-state index contributed by atoms with van der Waals surface area (Å²) in [6.07, 6.45) is 0.692. The third-order valence-corrected chi connectivity index (χ3v) is 3.09. The van der Waals surface area contributed by atoms with Gasteiger partial charge in [-0.05, 0) is 30.5 Å². The molecule has 1 aromatic rings. The van der Waals surface area contributed by atoms with Crippen molar-refractivity contribution in [3.63, 3.8) is 0 Å². The number of hydrogen-bond acceptors (Lipinski definition) is 2. The number of rotatable bonds is 5. The van der Waals surface area contributed by atoms with E-state index in [0.717, 1.165) is 0 Å². The van der Waals surface area contributed by atoms with Gasteiger partial charge in [0, 0.05) is 11.0 Å². The fourth-order valence-electron chi connectivity index (χ4n) is 1.71. The van der Waals surface area contributed by atoms with Gasteiger partial charge in [0.15, 0.2) is 0 Å². The number of amides is 1. The van der Waals surface area contributed by atoms with Gasteiger partial charge in [-0.3, -0.25) is 4.79 Å². The molecule has 0 heterocycles.